The number of hydroxylamine groups is 1. The predicted molar refractivity (Wildman–Crippen MR) is 65.6 cm³/mol. The molecule has 1 atom stereocenters. The summed E-state index contributed by atoms with van der Waals surface area (Å²) < 4.78 is 5.64. The number of rotatable bonds is 7. The average Bonchev–Trinajstić information content (AvgIpc) is 2.99. The molecule has 2 rings (SSSR count). The minimum atomic E-state index is -0.461. The van der Waals surface area contributed by atoms with E-state index in [2.05, 4.69) is 5.48 Å². The lowest BCUT2D eigenvalue weighted by molar-refractivity contribution is -0.0584. The minimum absolute atomic E-state index is 0.345. The molecule has 0 spiro atoms. The number of hydrogen-bond acceptors (Lipinski definition) is 4. The van der Waals surface area contributed by atoms with Crippen molar-refractivity contribution >= 4 is 0 Å². The number of aliphatic hydroxyl groups excluding tert-OH is 1. The summed E-state index contributed by atoms with van der Waals surface area (Å²) in [5.41, 5.74) is 2.87. The number of aliphatic hydroxyl groups is 1. The van der Waals surface area contributed by atoms with E-state index in [1.165, 1.54) is 25.7 Å². The molecule has 2 aliphatic rings. The first-order valence-electron chi connectivity index (χ1n) is 7.03. The first kappa shape index (κ1) is 13.3. The van der Waals surface area contributed by atoms with Crippen molar-refractivity contribution in [3.05, 3.63) is 0 Å². The summed E-state index contributed by atoms with van der Waals surface area (Å²) in [5.74, 6) is 0. The lowest BCUT2D eigenvalue weighted by atomic mass is 10.3. The Labute approximate surface area is 104 Å². The highest BCUT2D eigenvalue weighted by molar-refractivity contribution is 4.68. The highest BCUT2D eigenvalue weighted by Crippen LogP contribution is 2.21. The first-order valence-corrected chi connectivity index (χ1v) is 7.03. The van der Waals surface area contributed by atoms with Crippen molar-refractivity contribution in [3.63, 3.8) is 0 Å². The lowest BCUT2D eigenvalue weighted by Crippen LogP contribution is -2.33. The Balaban J connectivity index is 1.46. The maximum Gasteiger partial charge on any atom is 0.0921 e. The number of ether oxygens (including phenoxy) is 1. The molecule has 0 amide bonds. The Kier molecular flexibility index (Phi) is 5.71. The van der Waals surface area contributed by atoms with Crippen LogP contribution in [0.3, 0.4) is 0 Å². The van der Waals surface area contributed by atoms with Crippen molar-refractivity contribution in [1.29, 1.82) is 0 Å². The van der Waals surface area contributed by atoms with Crippen molar-refractivity contribution in [2.45, 2.75) is 69.7 Å². The van der Waals surface area contributed by atoms with Gasteiger partial charge in [-0.05, 0) is 25.7 Å². The van der Waals surface area contributed by atoms with Gasteiger partial charge in [-0.1, -0.05) is 25.7 Å². The summed E-state index contributed by atoms with van der Waals surface area (Å²) in [6.07, 6.45) is 9.91. The first-order chi connectivity index (χ1) is 8.34. The molecule has 1 unspecified atom stereocenters. The number of hydrogen-bond donors (Lipinski definition) is 2. The molecule has 0 heterocycles. The molecule has 0 aromatic rings. The molecular weight excluding hydrogens is 218 g/mol. The van der Waals surface area contributed by atoms with Crippen LogP contribution in [-0.2, 0) is 9.57 Å². The van der Waals surface area contributed by atoms with E-state index >= 15 is 0 Å². The van der Waals surface area contributed by atoms with Gasteiger partial charge in [-0.3, -0.25) is 4.84 Å². The van der Waals surface area contributed by atoms with Crippen LogP contribution in [0.4, 0.5) is 0 Å². The maximum atomic E-state index is 9.72. The van der Waals surface area contributed by atoms with Gasteiger partial charge in [0.1, 0.15) is 0 Å². The zero-order valence-corrected chi connectivity index (χ0v) is 10.6. The van der Waals surface area contributed by atoms with Crippen molar-refractivity contribution in [2.24, 2.45) is 0 Å². The van der Waals surface area contributed by atoms with Crippen LogP contribution in [-0.4, -0.2) is 36.6 Å². The SMILES string of the molecule is OC(CNOC1CCCC1)COC1CCCC1. The summed E-state index contributed by atoms with van der Waals surface area (Å²) in [6.45, 7) is 0.884. The molecule has 4 nitrogen and oxygen atoms in total. The Morgan fingerprint density at radius 1 is 1.00 bits per heavy atom. The van der Waals surface area contributed by atoms with Gasteiger partial charge < -0.3 is 9.84 Å². The van der Waals surface area contributed by atoms with Gasteiger partial charge in [0.15, 0.2) is 0 Å². The third-order valence-corrected chi connectivity index (χ3v) is 3.70. The van der Waals surface area contributed by atoms with Crippen LogP contribution in [0, 0.1) is 0 Å². The topological polar surface area (TPSA) is 50.7 Å². The minimum Gasteiger partial charge on any atom is -0.389 e. The maximum absolute atomic E-state index is 9.72. The molecule has 0 radical (unpaired) electrons. The fraction of sp³-hybridized carbons (Fsp3) is 1.00. The highest BCUT2D eigenvalue weighted by Gasteiger charge is 2.18. The second kappa shape index (κ2) is 7.31. The van der Waals surface area contributed by atoms with Crippen LogP contribution in [0.2, 0.25) is 0 Å². The Morgan fingerprint density at radius 2 is 1.59 bits per heavy atom. The van der Waals surface area contributed by atoms with Crippen LogP contribution in [0.5, 0.6) is 0 Å². The standard InChI is InChI=1S/C13H25NO3/c15-11(10-16-12-5-1-2-6-12)9-14-17-13-7-3-4-8-13/h11-15H,1-10H2. The predicted octanol–water partition coefficient (Wildman–Crippen LogP) is 1.77. The monoisotopic (exact) mass is 243 g/mol. The molecule has 0 aromatic heterocycles. The molecular formula is C13H25NO3. The summed E-state index contributed by atoms with van der Waals surface area (Å²) in [6, 6.07) is 0. The second-order valence-corrected chi connectivity index (χ2v) is 5.27. The largest absolute Gasteiger partial charge is 0.389 e. The van der Waals surface area contributed by atoms with Crippen molar-refractivity contribution in [1.82, 2.24) is 5.48 Å². The van der Waals surface area contributed by atoms with Crippen molar-refractivity contribution in [3.8, 4) is 0 Å². The molecule has 4 heteroatoms. The van der Waals surface area contributed by atoms with Crippen LogP contribution in [0.15, 0.2) is 0 Å². The van der Waals surface area contributed by atoms with Gasteiger partial charge >= 0.3 is 0 Å². The Morgan fingerprint density at radius 3 is 2.24 bits per heavy atom. The molecule has 2 aliphatic carbocycles. The summed E-state index contributed by atoms with van der Waals surface area (Å²) >= 11 is 0. The average molecular weight is 243 g/mol. The molecule has 100 valence electrons. The molecule has 2 fully saturated rings. The molecule has 2 N–H and O–H groups in total. The van der Waals surface area contributed by atoms with Gasteiger partial charge in [-0.25, -0.2) is 0 Å². The Hall–Kier alpha value is -0.160. The quantitative estimate of drug-likeness (QED) is 0.669. The van der Waals surface area contributed by atoms with Gasteiger partial charge in [0.05, 0.1) is 24.9 Å². The normalized spacial score (nSPS) is 24.5. The summed E-state index contributed by atoms with van der Waals surface area (Å²) in [7, 11) is 0. The zero-order chi connectivity index (χ0) is 11.9. The van der Waals surface area contributed by atoms with Gasteiger partial charge in [-0.2, -0.15) is 5.48 Å². The van der Waals surface area contributed by atoms with E-state index in [0.29, 0.717) is 25.4 Å². The Bertz CT molecular complexity index is 201. The van der Waals surface area contributed by atoms with Crippen LogP contribution >= 0.6 is 0 Å². The van der Waals surface area contributed by atoms with Crippen molar-refractivity contribution < 1.29 is 14.7 Å². The van der Waals surface area contributed by atoms with E-state index in [1.54, 1.807) is 0 Å². The van der Waals surface area contributed by atoms with E-state index in [9.17, 15) is 5.11 Å². The molecule has 0 aromatic carbocycles. The molecule has 2 saturated carbocycles. The third kappa shape index (κ3) is 4.92. The van der Waals surface area contributed by atoms with Crippen molar-refractivity contribution in [2.75, 3.05) is 13.2 Å². The zero-order valence-electron chi connectivity index (χ0n) is 10.6. The van der Waals surface area contributed by atoms with Crippen LogP contribution in [0.25, 0.3) is 0 Å². The van der Waals surface area contributed by atoms with E-state index in [0.717, 1.165) is 25.7 Å². The van der Waals surface area contributed by atoms with Crippen LogP contribution < -0.4 is 5.48 Å². The molecule has 0 saturated heterocycles. The van der Waals surface area contributed by atoms with Gasteiger partial charge in [0, 0.05) is 6.54 Å². The van der Waals surface area contributed by atoms with E-state index in [1.807, 2.05) is 0 Å². The highest BCUT2D eigenvalue weighted by atomic mass is 16.7. The second-order valence-electron chi connectivity index (χ2n) is 5.27. The summed E-state index contributed by atoms with van der Waals surface area (Å²) in [4.78, 5) is 5.48. The van der Waals surface area contributed by atoms with E-state index < -0.39 is 6.10 Å². The fourth-order valence-electron chi connectivity index (χ4n) is 2.63. The molecule has 0 bridgehead atoms. The van der Waals surface area contributed by atoms with E-state index in [4.69, 9.17) is 9.57 Å². The van der Waals surface area contributed by atoms with Gasteiger partial charge in [-0.15, -0.1) is 0 Å². The third-order valence-electron chi connectivity index (χ3n) is 3.70. The molecule has 0 aliphatic heterocycles. The number of nitrogens with one attached hydrogen (secondary N) is 1. The fourth-order valence-corrected chi connectivity index (χ4v) is 2.63. The van der Waals surface area contributed by atoms with Gasteiger partial charge in [0.25, 0.3) is 0 Å². The van der Waals surface area contributed by atoms with Gasteiger partial charge in [0.2, 0.25) is 0 Å². The summed E-state index contributed by atoms with van der Waals surface area (Å²) in [5, 5.41) is 9.72. The van der Waals surface area contributed by atoms with E-state index in [-0.39, 0.29) is 0 Å². The van der Waals surface area contributed by atoms with Crippen LogP contribution in [0.1, 0.15) is 51.4 Å². The smallest absolute Gasteiger partial charge is 0.0921 e. The molecule has 17 heavy (non-hydrogen) atoms. The lowest BCUT2D eigenvalue weighted by Gasteiger charge is -2.17.